The Balaban J connectivity index is -0.000000480. The molecule has 0 aromatic rings. The maximum absolute atomic E-state index is 11.6. The van der Waals surface area contributed by atoms with E-state index in [0.29, 0.717) is 18.4 Å². The smallest absolute Gasteiger partial charge is 0.808 e. The van der Waals surface area contributed by atoms with Gasteiger partial charge in [-0.3, -0.25) is 0 Å². The maximum atomic E-state index is 11.6. The molecule has 0 bridgehead atoms. The third-order valence-electron chi connectivity index (χ3n) is 3.47. The molecule has 0 rings (SSSR count). The summed E-state index contributed by atoms with van der Waals surface area (Å²) in [5.41, 5.74) is 2.50. The molecule has 0 aromatic heterocycles. The molecule has 29 heavy (non-hydrogen) atoms. The molecule has 0 saturated heterocycles. The van der Waals surface area contributed by atoms with E-state index in [1.54, 1.807) is 20.8 Å². The minimum Gasteiger partial charge on any atom is -0.808 e. The van der Waals surface area contributed by atoms with Gasteiger partial charge < -0.3 is 33.4 Å². The van der Waals surface area contributed by atoms with Crippen LogP contribution in [0.25, 0.3) is 0 Å². The van der Waals surface area contributed by atoms with Gasteiger partial charge in [-0.05, 0) is 62.7 Å². The van der Waals surface area contributed by atoms with Gasteiger partial charge in [-0.25, -0.2) is 0 Å². The van der Waals surface area contributed by atoms with Crippen molar-refractivity contribution in [3.63, 3.8) is 0 Å². The minimum absolute atomic E-state index is 0. The van der Waals surface area contributed by atoms with Crippen LogP contribution in [0.2, 0.25) is 0 Å². The molecule has 0 aromatic carbocycles. The first-order valence-electron chi connectivity index (χ1n) is 7.83. The third kappa shape index (κ3) is 16.7. The van der Waals surface area contributed by atoms with E-state index in [2.05, 4.69) is 0 Å². The van der Waals surface area contributed by atoms with Crippen LogP contribution in [0.15, 0.2) is 34.9 Å². The summed E-state index contributed by atoms with van der Waals surface area (Å²) in [5, 5.41) is -3.32. The molecule has 0 aliphatic rings. The van der Waals surface area contributed by atoms with Gasteiger partial charge in [-0.15, -0.1) is 0 Å². The van der Waals surface area contributed by atoms with Crippen LogP contribution in [0.4, 0.5) is 0 Å². The van der Waals surface area contributed by atoms with Crippen LogP contribution in [-0.4, -0.2) is 11.7 Å². The zero-order valence-corrected chi connectivity index (χ0v) is 29.1. The summed E-state index contributed by atoms with van der Waals surface area (Å²) in [6, 6.07) is 0. The van der Waals surface area contributed by atoms with Crippen molar-refractivity contribution in [1.29, 1.82) is 0 Å². The topological polar surface area (TPSA) is 136 Å². The molecule has 7 nitrogen and oxygen atoms in total. The summed E-state index contributed by atoms with van der Waals surface area (Å²) < 4.78 is 28.1. The van der Waals surface area contributed by atoms with E-state index in [4.69, 9.17) is 4.74 Å². The Morgan fingerprint density at radius 2 is 1.21 bits per heavy atom. The quantitative estimate of drug-likeness (QED) is 0.171. The van der Waals surface area contributed by atoms with Gasteiger partial charge in [0.15, 0.2) is 0 Å². The van der Waals surface area contributed by atoms with Crippen molar-refractivity contribution in [2.24, 2.45) is 0 Å². The standard InChI is InChI=1S/C16H30O7P2.4Na/c1-13(2)7-6-8-15(5)9-11-16(24(17,18)19,25(20,21)22)23-12-10-14(3)4;;;;/h7,9-10H,6,8,11-12H2,1-5H3,(H2,17,18,19)(H2,20,21,22);;;;/q;4*+1/p-4/b15-9+;;;;. The summed E-state index contributed by atoms with van der Waals surface area (Å²) >= 11 is 0. The number of allylic oxidation sites excluding steroid dienone is 4. The molecule has 0 radical (unpaired) electrons. The summed E-state index contributed by atoms with van der Waals surface area (Å²) in [6.45, 7) is 8.42. The van der Waals surface area contributed by atoms with Crippen molar-refractivity contribution in [1.82, 2.24) is 0 Å². The number of ether oxygens (including phenoxy) is 1. The molecule has 13 heteroatoms. The van der Waals surface area contributed by atoms with E-state index in [-0.39, 0.29) is 118 Å². The molecular formula is C16H26Na4O7P2. The minimum atomic E-state index is -5.88. The molecule has 146 valence electrons. The van der Waals surface area contributed by atoms with Gasteiger partial charge in [0.05, 0.1) is 6.61 Å². The Morgan fingerprint density at radius 3 is 1.55 bits per heavy atom. The maximum Gasteiger partial charge on any atom is 1.00 e. The van der Waals surface area contributed by atoms with Crippen LogP contribution < -0.4 is 138 Å². The van der Waals surface area contributed by atoms with Crippen molar-refractivity contribution in [3.8, 4) is 0 Å². The largest absolute Gasteiger partial charge is 1.00 e. The number of hydrogen-bond donors (Lipinski definition) is 0. The van der Waals surface area contributed by atoms with Gasteiger partial charge >= 0.3 is 118 Å². The Kier molecular flexibility index (Phi) is 29.0. The first-order chi connectivity index (χ1) is 11.2. The normalized spacial score (nSPS) is 11.7. The molecule has 0 unspecified atom stereocenters. The first kappa shape index (κ1) is 42.6. The van der Waals surface area contributed by atoms with Gasteiger partial charge in [0, 0.05) is 6.42 Å². The Morgan fingerprint density at radius 1 is 0.793 bits per heavy atom. The van der Waals surface area contributed by atoms with Gasteiger partial charge in [-0.1, -0.05) is 34.9 Å². The molecule has 0 heterocycles. The molecular weight excluding hydrogens is 458 g/mol. The van der Waals surface area contributed by atoms with Crippen LogP contribution in [0.5, 0.6) is 0 Å². The summed E-state index contributed by atoms with van der Waals surface area (Å²) in [6.07, 6.45) is 5.03. The zero-order valence-electron chi connectivity index (χ0n) is 19.3. The molecule has 0 amide bonds. The third-order valence-corrected chi connectivity index (χ3v) is 7.27. The van der Waals surface area contributed by atoms with E-state index in [1.807, 2.05) is 19.9 Å². The molecule has 0 aliphatic heterocycles. The summed E-state index contributed by atoms with van der Waals surface area (Å²) in [7, 11) is -11.8. The van der Waals surface area contributed by atoms with Crippen molar-refractivity contribution in [2.75, 3.05) is 6.61 Å². The molecule has 0 N–H and O–H groups in total. The van der Waals surface area contributed by atoms with Gasteiger partial charge in [-0.2, -0.15) is 0 Å². The fourth-order valence-corrected chi connectivity index (χ4v) is 4.23. The van der Waals surface area contributed by atoms with E-state index in [9.17, 15) is 28.7 Å². The predicted octanol–water partition coefficient (Wildman–Crippen LogP) is -10.5. The monoisotopic (exact) mass is 484 g/mol. The molecule has 0 saturated carbocycles. The summed E-state index contributed by atoms with van der Waals surface area (Å²) in [5.74, 6) is 0. The second-order valence-electron chi connectivity index (χ2n) is 6.41. The second-order valence-corrected chi connectivity index (χ2v) is 10.2. The molecule has 0 aliphatic carbocycles. The van der Waals surface area contributed by atoms with Gasteiger partial charge in [0.25, 0.3) is 0 Å². The van der Waals surface area contributed by atoms with Gasteiger partial charge in [0.1, 0.15) is 5.08 Å². The second kappa shape index (κ2) is 19.8. The van der Waals surface area contributed by atoms with Crippen LogP contribution in [-0.2, 0) is 13.9 Å². The molecule has 0 atom stereocenters. The van der Waals surface area contributed by atoms with E-state index < -0.39 is 33.3 Å². The fraction of sp³-hybridized carbons (Fsp3) is 0.625. The Labute approximate surface area is 263 Å². The van der Waals surface area contributed by atoms with Crippen molar-refractivity contribution >= 4 is 15.2 Å². The fourth-order valence-electron chi connectivity index (χ4n) is 1.93. The van der Waals surface area contributed by atoms with Crippen LogP contribution in [0, 0.1) is 0 Å². The van der Waals surface area contributed by atoms with E-state index >= 15 is 0 Å². The van der Waals surface area contributed by atoms with Gasteiger partial charge in [0.2, 0.25) is 0 Å². The molecule has 0 fully saturated rings. The zero-order chi connectivity index (χ0) is 19.9. The number of rotatable bonds is 10. The van der Waals surface area contributed by atoms with E-state index in [1.165, 1.54) is 12.2 Å². The Hall–Kier alpha value is 3.48. The SMILES string of the molecule is CC(C)=CCC/C(C)=C/CC(OCC=C(C)C)(P(=O)([O-])[O-])P(=O)([O-])[O-].[Na+].[Na+].[Na+].[Na+]. The van der Waals surface area contributed by atoms with Crippen molar-refractivity contribution in [3.05, 3.63) is 34.9 Å². The number of hydrogen-bond acceptors (Lipinski definition) is 7. The van der Waals surface area contributed by atoms with Crippen LogP contribution in [0.3, 0.4) is 0 Å². The average Bonchev–Trinajstić information content (AvgIpc) is 2.38. The van der Waals surface area contributed by atoms with Crippen LogP contribution in [0.1, 0.15) is 53.9 Å². The molecule has 0 spiro atoms. The van der Waals surface area contributed by atoms with Crippen molar-refractivity contribution in [2.45, 2.75) is 59.0 Å². The first-order valence-corrected chi connectivity index (χ1v) is 10.9. The van der Waals surface area contributed by atoms with E-state index in [0.717, 1.165) is 11.1 Å². The van der Waals surface area contributed by atoms with Crippen molar-refractivity contribution < 1.29 is 152 Å². The summed E-state index contributed by atoms with van der Waals surface area (Å²) in [4.78, 5) is 46.4. The van der Waals surface area contributed by atoms with Crippen LogP contribution >= 0.6 is 15.2 Å². The predicted molar refractivity (Wildman–Crippen MR) is 90.4 cm³/mol. The Bertz CT molecular complexity index is 609. The average molecular weight is 484 g/mol.